The monoisotopic (exact) mass is 336 g/mol. The number of rotatable bonds is 7. The lowest BCUT2D eigenvalue weighted by Crippen LogP contribution is -2.30. The van der Waals surface area contributed by atoms with E-state index in [2.05, 4.69) is 37.6 Å². The van der Waals surface area contributed by atoms with Crippen molar-refractivity contribution < 1.29 is 4.79 Å². The molecule has 0 aromatic carbocycles. The molecule has 1 saturated carbocycles. The van der Waals surface area contributed by atoms with Gasteiger partial charge in [0.05, 0.1) is 5.25 Å². The van der Waals surface area contributed by atoms with Crippen LogP contribution in [-0.2, 0) is 11.2 Å². The van der Waals surface area contributed by atoms with Gasteiger partial charge in [0.2, 0.25) is 5.91 Å². The third kappa shape index (κ3) is 3.52. The molecule has 22 heavy (non-hydrogen) atoms. The van der Waals surface area contributed by atoms with Crippen molar-refractivity contribution in [1.29, 1.82) is 0 Å². The van der Waals surface area contributed by atoms with Crippen LogP contribution in [0.4, 0.5) is 0 Å². The van der Waals surface area contributed by atoms with Gasteiger partial charge >= 0.3 is 0 Å². The summed E-state index contributed by atoms with van der Waals surface area (Å²) in [6.45, 7) is 4.50. The van der Waals surface area contributed by atoms with Gasteiger partial charge in [-0.25, -0.2) is 0 Å². The summed E-state index contributed by atoms with van der Waals surface area (Å²) < 4.78 is 2.24. The predicted molar refractivity (Wildman–Crippen MR) is 89.4 cm³/mol. The maximum atomic E-state index is 11.9. The van der Waals surface area contributed by atoms with Gasteiger partial charge in [-0.3, -0.25) is 4.79 Å². The molecular formula is C15H20N4OS2. The highest BCUT2D eigenvalue weighted by Gasteiger charge is 2.31. The van der Waals surface area contributed by atoms with E-state index in [0.717, 1.165) is 17.4 Å². The molecule has 1 atom stereocenters. The van der Waals surface area contributed by atoms with Crippen LogP contribution in [0, 0.1) is 0 Å². The topological polar surface area (TPSA) is 59.8 Å². The average Bonchev–Trinajstić information content (AvgIpc) is 3.05. The Kier molecular flexibility index (Phi) is 4.83. The largest absolute Gasteiger partial charge is 0.355 e. The molecule has 118 valence electrons. The summed E-state index contributed by atoms with van der Waals surface area (Å²) in [5, 5.41) is 14.4. The van der Waals surface area contributed by atoms with E-state index in [9.17, 15) is 4.79 Å². The predicted octanol–water partition coefficient (Wildman–Crippen LogP) is 2.88. The molecule has 2 aromatic rings. The molecule has 3 rings (SSSR count). The number of hydrogen-bond acceptors (Lipinski definition) is 5. The van der Waals surface area contributed by atoms with E-state index in [0.29, 0.717) is 12.6 Å². The molecule has 0 saturated heterocycles. The van der Waals surface area contributed by atoms with Crippen LogP contribution in [0.1, 0.15) is 43.4 Å². The van der Waals surface area contributed by atoms with E-state index >= 15 is 0 Å². The molecule has 0 aliphatic heterocycles. The quantitative estimate of drug-likeness (QED) is 0.790. The van der Waals surface area contributed by atoms with Gasteiger partial charge in [-0.15, -0.1) is 21.5 Å². The Morgan fingerprint density at radius 2 is 2.36 bits per heavy atom. The molecule has 5 nitrogen and oxygen atoms in total. The molecule has 1 aliphatic carbocycles. The van der Waals surface area contributed by atoms with Crippen molar-refractivity contribution in [3.05, 3.63) is 28.2 Å². The molecule has 1 amide bonds. The van der Waals surface area contributed by atoms with Crippen LogP contribution in [-0.4, -0.2) is 32.5 Å². The number of carbonyl (C=O) groups excluding carboxylic acids is 1. The molecular weight excluding hydrogens is 316 g/mol. The Labute approximate surface area is 138 Å². The van der Waals surface area contributed by atoms with Crippen LogP contribution in [0.25, 0.3) is 0 Å². The molecule has 0 radical (unpaired) electrons. The van der Waals surface area contributed by atoms with Gasteiger partial charge in [-0.2, -0.15) is 0 Å². The number of hydrogen-bond donors (Lipinski definition) is 1. The minimum absolute atomic E-state index is 0.0534. The van der Waals surface area contributed by atoms with E-state index < -0.39 is 0 Å². The van der Waals surface area contributed by atoms with Crippen LogP contribution < -0.4 is 5.32 Å². The molecule has 1 fully saturated rings. The fourth-order valence-electron chi connectivity index (χ4n) is 2.31. The first-order valence-corrected chi connectivity index (χ1v) is 9.35. The third-order valence-electron chi connectivity index (χ3n) is 3.56. The first-order chi connectivity index (χ1) is 10.7. The molecule has 0 unspecified atom stereocenters. The van der Waals surface area contributed by atoms with Crippen LogP contribution in [0.3, 0.4) is 0 Å². The van der Waals surface area contributed by atoms with Crippen LogP contribution >= 0.6 is 23.1 Å². The highest BCUT2D eigenvalue weighted by atomic mass is 32.2. The fourth-order valence-corrected chi connectivity index (χ4v) is 3.97. The van der Waals surface area contributed by atoms with Crippen molar-refractivity contribution in [3.63, 3.8) is 0 Å². The number of nitrogens with one attached hydrogen (secondary N) is 1. The second-order valence-corrected chi connectivity index (χ2v) is 7.75. The maximum absolute atomic E-state index is 11.9. The molecule has 2 aromatic heterocycles. The van der Waals surface area contributed by atoms with Crippen molar-refractivity contribution in [2.24, 2.45) is 0 Å². The number of aromatic nitrogens is 3. The molecule has 2 heterocycles. The van der Waals surface area contributed by atoms with Gasteiger partial charge in [-0.05, 0) is 38.1 Å². The fraction of sp³-hybridized carbons (Fsp3) is 0.533. The molecule has 0 spiro atoms. The van der Waals surface area contributed by atoms with Crippen molar-refractivity contribution in [3.8, 4) is 0 Å². The Morgan fingerprint density at radius 3 is 3.00 bits per heavy atom. The minimum atomic E-state index is -0.156. The maximum Gasteiger partial charge on any atom is 0.233 e. The average molecular weight is 336 g/mol. The van der Waals surface area contributed by atoms with Gasteiger partial charge in [0.15, 0.2) is 5.16 Å². The number of nitrogens with zero attached hydrogens (tertiary/aromatic N) is 3. The van der Waals surface area contributed by atoms with E-state index in [-0.39, 0.29) is 11.2 Å². The van der Waals surface area contributed by atoms with Crippen LogP contribution in [0.2, 0.25) is 0 Å². The second kappa shape index (κ2) is 6.83. The molecule has 1 N–H and O–H groups in total. The molecule has 1 aliphatic rings. The van der Waals surface area contributed by atoms with Gasteiger partial charge in [0.25, 0.3) is 0 Å². The van der Waals surface area contributed by atoms with E-state index in [4.69, 9.17) is 0 Å². The highest BCUT2D eigenvalue weighted by molar-refractivity contribution is 8.00. The lowest BCUT2D eigenvalue weighted by atomic mass is 10.3. The van der Waals surface area contributed by atoms with Gasteiger partial charge in [-0.1, -0.05) is 17.8 Å². The summed E-state index contributed by atoms with van der Waals surface area (Å²) in [7, 11) is 0. The van der Waals surface area contributed by atoms with E-state index in [1.807, 2.05) is 13.8 Å². The van der Waals surface area contributed by atoms with Crippen molar-refractivity contribution >= 4 is 29.0 Å². The number of amides is 1. The summed E-state index contributed by atoms with van der Waals surface area (Å²) in [5.74, 6) is 1.06. The SMILES string of the molecule is CCNC(=O)[C@@H](C)Sc1nnc(Cc2cccs2)n1C1CC1. The van der Waals surface area contributed by atoms with Crippen LogP contribution in [0.5, 0.6) is 0 Å². The highest BCUT2D eigenvalue weighted by Crippen LogP contribution is 2.40. The Balaban J connectivity index is 1.77. The number of thiophene rings is 1. The lowest BCUT2D eigenvalue weighted by molar-refractivity contribution is -0.120. The van der Waals surface area contributed by atoms with Crippen molar-refractivity contribution in [2.45, 2.75) is 49.6 Å². The zero-order valence-electron chi connectivity index (χ0n) is 12.8. The number of carbonyl (C=O) groups is 1. The van der Waals surface area contributed by atoms with E-state index in [1.54, 1.807) is 11.3 Å². The summed E-state index contributed by atoms with van der Waals surface area (Å²) in [6.07, 6.45) is 3.18. The standard InChI is InChI=1S/C15H20N4OS2/c1-3-16-14(20)10(2)22-15-18-17-13(19(15)11-6-7-11)9-12-5-4-8-21-12/h4-5,8,10-11H,3,6-7,9H2,1-2H3,(H,16,20)/t10-/m1/s1. The Hall–Kier alpha value is -1.34. The normalized spacial score (nSPS) is 15.7. The minimum Gasteiger partial charge on any atom is -0.355 e. The summed E-state index contributed by atoms with van der Waals surface area (Å²) >= 11 is 3.24. The Morgan fingerprint density at radius 1 is 1.55 bits per heavy atom. The summed E-state index contributed by atoms with van der Waals surface area (Å²) in [5.41, 5.74) is 0. The zero-order chi connectivity index (χ0) is 15.5. The first-order valence-electron chi connectivity index (χ1n) is 7.59. The van der Waals surface area contributed by atoms with Crippen molar-refractivity contribution in [2.75, 3.05) is 6.54 Å². The lowest BCUT2D eigenvalue weighted by Gasteiger charge is -2.12. The van der Waals surface area contributed by atoms with Crippen molar-refractivity contribution in [1.82, 2.24) is 20.1 Å². The number of thioether (sulfide) groups is 1. The summed E-state index contributed by atoms with van der Waals surface area (Å²) in [6, 6.07) is 4.69. The molecule has 7 heteroatoms. The second-order valence-electron chi connectivity index (χ2n) is 5.41. The zero-order valence-corrected chi connectivity index (χ0v) is 14.4. The molecule has 0 bridgehead atoms. The van der Waals surface area contributed by atoms with Gasteiger partial charge < -0.3 is 9.88 Å². The van der Waals surface area contributed by atoms with E-state index in [1.165, 1.54) is 29.5 Å². The first kappa shape index (κ1) is 15.6. The summed E-state index contributed by atoms with van der Waals surface area (Å²) in [4.78, 5) is 13.2. The van der Waals surface area contributed by atoms with Crippen LogP contribution in [0.15, 0.2) is 22.7 Å². The van der Waals surface area contributed by atoms with Gasteiger partial charge in [0, 0.05) is 23.9 Å². The van der Waals surface area contributed by atoms with Gasteiger partial charge in [0.1, 0.15) is 5.82 Å². The third-order valence-corrected chi connectivity index (χ3v) is 5.50. The Bertz CT molecular complexity index is 634. The smallest absolute Gasteiger partial charge is 0.233 e.